The summed E-state index contributed by atoms with van der Waals surface area (Å²) in [5, 5.41) is 0. The highest BCUT2D eigenvalue weighted by molar-refractivity contribution is 7.87. The van der Waals surface area contributed by atoms with Gasteiger partial charge in [-0.15, -0.1) is 0 Å². The third-order valence-electron chi connectivity index (χ3n) is 1.88. The molecule has 0 heterocycles. The van der Waals surface area contributed by atoms with E-state index in [9.17, 15) is 8.42 Å². The van der Waals surface area contributed by atoms with Gasteiger partial charge in [0.05, 0.1) is 6.54 Å². The Labute approximate surface area is 102 Å². The first-order valence-electron chi connectivity index (χ1n) is 5.44. The molecule has 0 saturated heterocycles. The monoisotopic (exact) mass is 266 g/mol. The highest BCUT2D eigenvalue weighted by Gasteiger charge is 2.19. The van der Waals surface area contributed by atoms with Gasteiger partial charge in [-0.1, -0.05) is 6.92 Å². The molecule has 0 aliphatic carbocycles. The first-order chi connectivity index (χ1) is 7.94. The Morgan fingerprint density at radius 1 is 1.35 bits per heavy atom. The van der Waals surface area contributed by atoms with Crippen LogP contribution in [0.4, 0.5) is 0 Å². The second kappa shape index (κ2) is 8.23. The van der Waals surface area contributed by atoms with Crippen molar-refractivity contribution in [2.45, 2.75) is 13.3 Å². The van der Waals surface area contributed by atoms with Gasteiger partial charge in [0, 0.05) is 26.2 Å². The summed E-state index contributed by atoms with van der Waals surface area (Å²) in [5.41, 5.74) is 15.6. The molecule has 17 heavy (non-hydrogen) atoms. The molecule has 0 unspecified atom stereocenters. The van der Waals surface area contributed by atoms with Gasteiger partial charge < -0.3 is 17.2 Å². The molecule has 102 valence electrons. The van der Waals surface area contributed by atoms with Crippen LogP contribution in [0.5, 0.6) is 0 Å². The minimum absolute atomic E-state index is 0.0587. The molecular weight excluding hydrogens is 244 g/mol. The smallest absolute Gasteiger partial charge is 0.279 e. The maximum absolute atomic E-state index is 11.8. The predicted molar refractivity (Wildman–Crippen MR) is 68.5 cm³/mol. The summed E-state index contributed by atoms with van der Waals surface area (Å²) in [4.78, 5) is 3.68. The number of nitrogens with two attached hydrogens (primary N) is 3. The summed E-state index contributed by atoms with van der Waals surface area (Å²) in [6.45, 7) is 3.29. The maximum Gasteiger partial charge on any atom is 0.279 e. The predicted octanol–water partition coefficient (Wildman–Crippen LogP) is -2.24. The lowest BCUT2D eigenvalue weighted by Crippen LogP contribution is -2.44. The van der Waals surface area contributed by atoms with Crippen LogP contribution in [0.1, 0.15) is 13.3 Å². The topological polar surface area (TPSA) is 140 Å². The summed E-state index contributed by atoms with van der Waals surface area (Å²) in [7, 11) is -3.49. The molecule has 8 nitrogen and oxygen atoms in total. The molecular formula is C8H22N6O2S. The molecule has 0 saturated carbocycles. The van der Waals surface area contributed by atoms with Crippen molar-refractivity contribution in [2.24, 2.45) is 22.2 Å². The van der Waals surface area contributed by atoms with E-state index in [0.29, 0.717) is 13.1 Å². The van der Waals surface area contributed by atoms with Gasteiger partial charge in [-0.25, -0.2) is 4.72 Å². The first-order valence-corrected chi connectivity index (χ1v) is 6.88. The van der Waals surface area contributed by atoms with Gasteiger partial charge in [-0.05, 0) is 6.42 Å². The van der Waals surface area contributed by atoms with Gasteiger partial charge in [0.2, 0.25) is 0 Å². The number of nitrogens with zero attached hydrogens (tertiary/aromatic N) is 2. The highest BCUT2D eigenvalue weighted by atomic mass is 32.2. The van der Waals surface area contributed by atoms with Crippen LogP contribution in [0.15, 0.2) is 4.99 Å². The van der Waals surface area contributed by atoms with E-state index < -0.39 is 10.2 Å². The molecule has 0 aliphatic heterocycles. The van der Waals surface area contributed by atoms with Crippen molar-refractivity contribution >= 4 is 16.2 Å². The fraction of sp³-hybridized carbons (Fsp3) is 0.875. The van der Waals surface area contributed by atoms with Crippen LogP contribution < -0.4 is 21.9 Å². The van der Waals surface area contributed by atoms with Crippen molar-refractivity contribution in [3.05, 3.63) is 0 Å². The number of hydrogen-bond acceptors (Lipinski definition) is 4. The summed E-state index contributed by atoms with van der Waals surface area (Å²) in [6.07, 6.45) is 0.731. The Balaban J connectivity index is 4.27. The van der Waals surface area contributed by atoms with Crippen molar-refractivity contribution in [1.82, 2.24) is 9.03 Å². The van der Waals surface area contributed by atoms with Gasteiger partial charge in [-0.2, -0.15) is 12.7 Å². The molecule has 0 atom stereocenters. The van der Waals surface area contributed by atoms with Gasteiger partial charge in [0.25, 0.3) is 10.2 Å². The van der Waals surface area contributed by atoms with E-state index in [1.54, 1.807) is 0 Å². The van der Waals surface area contributed by atoms with E-state index in [4.69, 9.17) is 17.2 Å². The summed E-state index contributed by atoms with van der Waals surface area (Å²) < 4.78 is 27.3. The molecule has 0 bridgehead atoms. The molecule has 0 aromatic carbocycles. The normalized spacial score (nSPS) is 11.7. The van der Waals surface area contributed by atoms with Crippen LogP contribution in [0.25, 0.3) is 0 Å². The molecule has 9 heteroatoms. The zero-order valence-electron chi connectivity index (χ0n) is 10.1. The van der Waals surface area contributed by atoms with E-state index in [1.165, 1.54) is 4.31 Å². The first kappa shape index (κ1) is 16.1. The van der Waals surface area contributed by atoms with E-state index in [0.717, 1.165) is 6.42 Å². The van der Waals surface area contributed by atoms with Gasteiger partial charge in [0.15, 0.2) is 5.96 Å². The summed E-state index contributed by atoms with van der Waals surface area (Å²) in [6, 6.07) is 0. The lowest BCUT2D eigenvalue weighted by Gasteiger charge is -2.20. The number of aliphatic imine (C=N–C) groups is 1. The van der Waals surface area contributed by atoms with Crippen molar-refractivity contribution in [2.75, 3.05) is 32.7 Å². The molecule has 0 spiro atoms. The van der Waals surface area contributed by atoms with Crippen molar-refractivity contribution in [3.63, 3.8) is 0 Å². The largest absolute Gasteiger partial charge is 0.370 e. The summed E-state index contributed by atoms with van der Waals surface area (Å²) in [5.74, 6) is -0.0587. The molecule has 0 rings (SSSR count). The Morgan fingerprint density at radius 3 is 2.47 bits per heavy atom. The van der Waals surface area contributed by atoms with Crippen LogP contribution >= 0.6 is 0 Å². The van der Waals surface area contributed by atoms with Crippen molar-refractivity contribution < 1.29 is 8.42 Å². The van der Waals surface area contributed by atoms with Crippen LogP contribution in [0.3, 0.4) is 0 Å². The Bertz CT molecular complexity index is 319. The molecule has 0 aliphatic rings. The van der Waals surface area contributed by atoms with Crippen LogP contribution in [-0.2, 0) is 10.2 Å². The number of hydrogen-bond donors (Lipinski definition) is 4. The highest BCUT2D eigenvalue weighted by Crippen LogP contribution is 1.98. The molecule has 7 N–H and O–H groups in total. The lowest BCUT2D eigenvalue weighted by molar-refractivity contribution is 0.410. The van der Waals surface area contributed by atoms with Gasteiger partial charge in [-0.3, -0.25) is 4.99 Å². The van der Waals surface area contributed by atoms with Crippen molar-refractivity contribution in [1.29, 1.82) is 0 Å². The third kappa shape index (κ3) is 7.10. The van der Waals surface area contributed by atoms with Gasteiger partial charge >= 0.3 is 0 Å². The van der Waals surface area contributed by atoms with Crippen LogP contribution in [0, 0.1) is 0 Å². The fourth-order valence-corrected chi connectivity index (χ4v) is 2.50. The molecule has 0 aromatic heterocycles. The number of nitrogens with one attached hydrogen (secondary N) is 1. The van der Waals surface area contributed by atoms with Crippen LogP contribution in [-0.4, -0.2) is 51.4 Å². The molecule has 0 aromatic rings. The van der Waals surface area contributed by atoms with E-state index in [-0.39, 0.29) is 25.6 Å². The maximum atomic E-state index is 11.8. The van der Waals surface area contributed by atoms with E-state index in [2.05, 4.69) is 9.71 Å². The SMILES string of the molecule is CCCN(CCN)S(=O)(=O)NCCN=C(N)N. The third-order valence-corrected chi connectivity index (χ3v) is 3.50. The molecule has 0 radical (unpaired) electrons. The average molecular weight is 266 g/mol. The zero-order chi connectivity index (χ0) is 13.3. The second-order valence-electron chi connectivity index (χ2n) is 3.39. The zero-order valence-corrected chi connectivity index (χ0v) is 10.9. The Kier molecular flexibility index (Phi) is 7.79. The minimum atomic E-state index is -3.49. The fourth-order valence-electron chi connectivity index (χ4n) is 1.20. The number of rotatable bonds is 9. The second-order valence-corrected chi connectivity index (χ2v) is 5.15. The molecule has 0 fully saturated rings. The quantitative estimate of drug-likeness (QED) is 0.212. The van der Waals surface area contributed by atoms with Crippen LogP contribution in [0.2, 0.25) is 0 Å². The summed E-state index contributed by atoms with van der Waals surface area (Å²) >= 11 is 0. The van der Waals surface area contributed by atoms with E-state index >= 15 is 0 Å². The average Bonchev–Trinajstić information content (AvgIpc) is 2.24. The Morgan fingerprint density at radius 2 is 2.00 bits per heavy atom. The van der Waals surface area contributed by atoms with Gasteiger partial charge in [0.1, 0.15) is 0 Å². The number of guanidine groups is 1. The van der Waals surface area contributed by atoms with Crippen molar-refractivity contribution in [3.8, 4) is 0 Å². The minimum Gasteiger partial charge on any atom is -0.370 e. The molecule has 0 amide bonds. The lowest BCUT2D eigenvalue weighted by atomic mass is 10.5. The standard InChI is InChI=1S/C8H22N6O2S/c1-2-6-14(7-3-9)17(15,16)13-5-4-12-8(10)11/h13H,2-7,9H2,1H3,(H4,10,11,12). The Hall–Kier alpha value is -0.900. The van der Waals surface area contributed by atoms with E-state index in [1.807, 2.05) is 6.92 Å².